The molecule has 0 spiro atoms. The molecular formula is C14H12ClF3N2O2. The fourth-order valence-corrected chi connectivity index (χ4v) is 2.29. The molecule has 2 rings (SSSR count). The number of benzene rings is 1. The normalized spacial score (nSPS) is 13.2. The maximum absolute atomic E-state index is 12.8. The van der Waals surface area contributed by atoms with Crippen molar-refractivity contribution in [2.45, 2.75) is 19.1 Å². The molecule has 0 saturated carbocycles. The van der Waals surface area contributed by atoms with Gasteiger partial charge in [0.25, 0.3) is 5.56 Å². The van der Waals surface area contributed by atoms with E-state index in [0.717, 1.165) is 11.6 Å². The quantitative estimate of drug-likeness (QED) is 0.849. The van der Waals surface area contributed by atoms with E-state index in [-0.39, 0.29) is 0 Å². The van der Waals surface area contributed by atoms with Crippen molar-refractivity contribution in [3.63, 3.8) is 0 Å². The average molecular weight is 333 g/mol. The highest BCUT2D eigenvalue weighted by molar-refractivity contribution is 6.30. The molecule has 0 aliphatic rings. The van der Waals surface area contributed by atoms with Gasteiger partial charge in [0.05, 0.1) is 6.04 Å². The molecule has 1 aromatic carbocycles. The van der Waals surface area contributed by atoms with Gasteiger partial charge in [-0.25, -0.2) is 4.79 Å². The second kappa shape index (κ2) is 5.64. The second-order valence-corrected chi connectivity index (χ2v) is 5.24. The molecule has 1 unspecified atom stereocenters. The van der Waals surface area contributed by atoms with E-state index in [1.165, 1.54) is 0 Å². The summed E-state index contributed by atoms with van der Waals surface area (Å²) in [6, 6.07) is 6.08. The first-order valence-electron chi connectivity index (χ1n) is 6.28. The summed E-state index contributed by atoms with van der Waals surface area (Å²) >= 11 is 5.76. The molecule has 8 heteroatoms. The van der Waals surface area contributed by atoms with Gasteiger partial charge in [-0.05, 0) is 24.6 Å². The van der Waals surface area contributed by atoms with Crippen LogP contribution in [0.2, 0.25) is 5.02 Å². The van der Waals surface area contributed by atoms with E-state index in [2.05, 4.69) is 0 Å². The van der Waals surface area contributed by atoms with E-state index < -0.39 is 29.2 Å². The van der Waals surface area contributed by atoms with Crippen molar-refractivity contribution >= 4 is 11.6 Å². The van der Waals surface area contributed by atoms with Crippen LogP contribution in [0, 0.1) is 0 Å². The predicted molar refractivity (Wildman–Crippen MR) is 76.2 cm³/mol. The van der Waals surface area contributed by atoms with Crippen LogP contribution in [0.25, 0.3) is 0 Å². The molecule has 0 radical (unpaired) electrons. The number of aromatic nitrogens is 2. The third-order valence-electron chi connectivity index (χ3n) is 3.38. The molecule has 1 aromatic heterocycles. The van der Waals surface area contributed by atoms with Gasteiger partial charge in [0.1, 0.15) is 5.69 Å². The van der Waals surface area contributed by atoms with Gasteiger partial charge >= 0.3 is 11.9 Å². The zero-order chi connectivity index (χ0) is 16.7. The molecule has 1 atom stereocenters. The maximum Gasteiger partial charge on any atom is 0.431 e. The van der Waals surface area contributed by atoms with Crippen LogP contribution in [0.3, 0.4) is 0 Å². The Kier molecular flexibility index (Phi) is 4.19. The Morgan fingerprint density at radius 3 is 2.18 bits per heavy atom. The van der Waals surface area contributed by atoms with Gasteiger partial charge in [-0.1, -0.05) is 23.7 Å². The van der Waals surface area contributed by atoms with Crippen molar-refractivity contribution in [2.24, 2.45) is 7.05 Å². The Bertz CT molecular complexity index is 807. The Balaban J connectivity index is 2.62. The lowest BCUT2D eigenvalue weighted by Crippen LogP contribution is -2.43. The van der Waals surface area contributed by atoms with Gasteiger partial charge in [0.15, 0.2) is 0 Å². The third kappa shape index (κ3) is 2.94. The van der Waals surface area contributed by atoms with Gasteiger partial charge in [-0.3, -0.25) is 13.9 Å². The topological polar surface area (TPSA) is 44.0 Å². The van der Waals surface area contributed by atoms with Crippen LogP contribution in [-0.2, 0) is 13.2 Å². The first-order valence-corrected chi connectivity index (χ1v) is 6.66. The molecule has 4 nitrogen and oxygen atoms in total. The van der Waals surface area contributed by atoms with Gasteiger partial charge < -0.3 is 0 Å². The molecule has 0 aliphatic heterocycles. The van der Waals surface area contributed by atoms with Crippen LogP contribution < -0.4 is 11.2 Å². The van der Waals surface area contributed by atoms with Crippen LogP contribution in [-0.4, -0.2) is 9.13 Å². The Hall–Kier alpha value is -2.02. The number of rotatable bonds is 2. The lowest BCUT2D eigenvalue weighted by molar-refractivity contribution is -0.144. The first-order chi connectivity index (χ1) is 10.1. The van der Waals surface area contributed by atoms with Crippen LogP contribution in [0.5, 0.6) is 0 Å². The van der Waals surface area contributed by atoms with Gasteiger partial charge in [-0.15, -0.1) is 0 Å². The van der Waals surface area contributed by atoms with Crippen molar-refractivity contribution in [1.82, 2.24) is 9.13 Å². The zero-order valence-corrected chi connectivity index (χ0v) is 12.4. The molecule has 2 aromatic rings. The number of hydrogen-bond donors (Lipinski definition) is 0. The fourth-order valence-electron chi connectivity index (χ4n) is 2.16. The summed E-state index contributed by atoms with van der Waals surface area (Å²) in [6.07, 6.45) is -4.77. The summed E-state index contributed by atoms with van der Waals surface area (Å²) in [5, 5.41) is 0.476. The Morgan fingerprint density at radius 1 is 1.14 bits per heavy atom. The van der Waals surface area contributed by atoms with E-state index in [4.69, 9.17) is 11.6 Å². The molecule has 22 heavy (non-hydrogen) atoms. The smallest absolute Gasteiger partial charge is 0.292 e. The van der Waals surface area contributed by atoms with Crippen molar-refractivity contribution in [3.05, 3.63) is 67.4 Å². The minimum absolute atomic E-state index is 0.424. The van der Waals surface area contributed by atoms with Gasteiger partial charge in [0.2, 0.25) is 0 Å². The molecule has 0 bridgehead atoms. The van der Waals surface area contributed by atoms with Crippen molar-refractivity contribution in [2.75, 3.05) is 0 Å². The zero-order valence-electron chi connectivity index (χ0n) is 11.7. The van der Waals surface area contributed by atoms with Gasteiger partial charge in [0, 0.05) is 18.1 Å². The first kappa shape index (κ1) is 16.4. The molecule has 0 saturated heterocycles. The summed E-state index contributed by atoms with van der Waals surface area (Å²) in [4.78, 5) is 24.1. The summed E-state index contributed by atoms with van der Waals surface area (Å²) in [5.41, 5.74) is -2.72. The van der Waals surface area contributed by atoms with Crippen LogP contribution in [0.4, 0.5) is 13.2 Å². The van der Waals surface area contributed by atoms with Crippen LogP contribution in [0.15, 0.2) is 39.9 Å². The Morgan fingerprint density at radius 2 is 1.68 bits per heavy atom. The largest absolute Gasteiger partial charge is 0.431 e. The number of hydrogen-bond acceptors (Lipinski definition) is 2. The van der Waals surface area contributed by atoms with Crippen molar-refractivity contribution in [1.29, 1.82) is 0 Å². The van der Waals surface area contributed by atoms with E-state index >= 15 is 0 Å². The van der Waals surface area contributed by atoms with Crippen LogP contribution in [0.1, 0.15) is 24.2 Å². The number of nitrogens with zero attached hydrogens (tertiary/aromatic N) is 2. The monoisotopic (exact) mass is 332 g/mol. The standard InChI is InChI=1S/C14H12ClF3N2O2/c1-8(9-3-5-10(15)6-4-9)20-12(21)7-11(14(16,17)18)19(2)13(20)22/h3-8H,1-2H3. The molecule has 0 fully saturated rings. The average Bonchev–Trinajstić information content (AvgIpc) is 2.42. The molecular weight excluding hydrogens is 321 g/mol. The highest BCUT2D eigenvalue weighted by atomic mass is 35.5. The molecule has 0 N–H and O–H groups in total. The molecule has 0 amide bonds. The van der Waals surface area contributed by atoms with E-state index in [0.29, 0.717) is 21.2 Å². The molecule has 1 heterocycles. The highest BCUT2D eigenvalue weighted by Gasteiger charge is 2.35. The lowest BCUT2D eigenvalue weighted by Gasteiger charge is -2.18. The summed E-state index contributed by atoms with van der Waals surface area (Å²) < 4.78 is 39.6. The fraction of sp³-hybridized carbons (Fsp3) is 0.286. The minimum Gasteiger partial charge on any atom is -0.292 e. The second-order valence-electron chi connectivity index (χ2n) is 4.80. The predicted octanol–water partition coefficient (Wildman–Crippen LogP) is 2.83. The van der Waals surface area contributed by atoms with E-state index in [1.54, 1.807) is 31.2 Å². The highest BCUT2D eigenvalue weighted by Crippen LogP contribution is 2.27. The maximum atomic E-state index is 12.8. The summed E-state index contributed by atoms with van der Waals surface area (Å²) in [7, 11) is 0.982. The summed E-state index contributed by atoms with van der Waals surface area (Å²) in [6.45, 7) is 1.55. The van der Waals surface area contributed by atoms with Crippen molar-refractivity contribution in [3.8, 4) is 0 Å². The van der Waals surface area contributed by atoms with Crippen molar-refractivity contribution < 1.29 is 13.2 Å². The molecule has 0 aliphatic carbocycles. The SMILES string of the molecule is CC(c1ccc(Cl)cc1)n1c(=O)cc(C(F)(F)F)n(C)c1=O. The lowest BCUT2D eigenvalue weighted by atomic mass is 10.1. The van der Waals surface area contributed by atoms with Crippen LogP contribution >= 0.6 is 11.6 Å². The number of alkyl halides is 3. The Labute approximate surface area is 128 Å². The molecule has 118 valence electrons. The van der Waals surface area contributed by atoms with E-state index in [9.17, 15) is 22.8 Å². The third-order valence-corrected chi connectivity index (χ3v) is 3.63. The van der Waals surface area contributed by atoms with Gasteiger partial charge in [-0.2, -0.15) is 13.2 Å². The number of halogens is 4. The minimum atomic E-state index is -4.77. The summed E-state index contributed by atoms with van der Waals surface area (Å²) in [5.74, 6) is 0. The van der Waals surface area contributed by atoms with E-state index in [1.807, 2.05) is 0 Å².